The highest BCUT2D eigenvalue weighted by atomic mass is 15.3. The molecule has 4 rings (SSSR count). The van der Waals surface area contributed by atoms with E-state index in [1.807, 2.05) is 24.4 Å². The van der Waals surface area contributed by atoms with Crippen LogP contribution in [0, 0.1) is 10.8 Å². The Kier molecular flexibility index (Phi) is 4.62. The molecule has 138 valence electrons. The molecule has 1 fully saturated rings. The first kappa shape index (κ1) is 17.3. The van der Waals surface area contributed by atoms with Gasteiger partial charge in [0.05, 0.1) is 16.9 Å². The summed E-state index contributed by atoms with van der Waals surface area (Å²) in [6, 6.07) is 7.89. The van der Waals surface area contributed by atoms with Crippen molar-refractivity contribution < 1.29 is 0 Å². The number of benzene rings is 1. The highest BCUT2D eigenvalue weighted by Crippen LogP contribution is 2.28. The number of nitrogens with one attached hydrogen (secondary N) is 3. The van der Waals surface area contributed by atoms with Crippen LogP contribution in [0.3, 0.4) is 0 Å². The standard InChI is InChI=1S/C21H24N6/c1-15(22)21(23)16-5-6-18-17(14-16)19(7-9-24-18)26-10-12-27(13-11-26)20-4-2-3-8-25-20/h2-7,9,14,22-23,25H,8,10-13H2,1H3. The van der Waals surface area contributed by atoms with Crippen molar-refractivity contribution in [3.8, 4) is 0 Å². The Balaban J connectivity index is 1.59. The number of anilines is 1. The second-order valence-electron chi connectivity index (χ2n) is 6.90. The summed E-state index contributed by atoms with van der Waals surface area (Å²) in [6.45, 7) is 6.35. The summed E-state index contributed by atoms with van der Waals surface area (Å²) in [5.41, 5.74) is 3.39. The van der Waals surface area contributed by atoms with Crippen LogP contribution in [-0.4, -0.2) is 54.0 Å². The molecule has 6 heteroatoms. The van der Waals surface area contributed by atoms with Gasteiger partial charge in [-0.15, -0.1) is 0 Å². The number of fused-ring (bicyclic) bond motifs is 1. The van der Waals surface area contributed by atoms with Crippen LogP contribution >= 0.6 is 0 Å². The molecule has 2 aromatic rings. The number of hydrogen-bond acceptors (Lipinski definition) is 6. The average molecular weight is 360 g/mol. The normalized spacial score (nSPS) is 16.9. The average Bonchev–Trinajstić information content (AvgIpc) is 2.73. The van der Waals surface area contributed by atoms with Gasteiger partial charge in [0.2, 0.25) is 0 Å². The lowest BCUT2D eigenvalue weighted by Crippen LogP contribution is -2.48. The molecule has 0 aliphatic carbocycles. The smallest absolute Gasteiger partial charge is 0.102 e. The summed E-state index contributed by atoms with van der Waals surface area (Å²) in [7, 11) is 0. The molecular weight excluding hydrogens is 336 g/mol. The van der Waals surface area contributed by atoms with E-state index in [4.69, 9.17) is 10.8 Å². The molecular formula is C21H24N6. The zero-order valence-corrected chi connectivity index (χ0v) is 15.5. The van der Waals surface area contributed by atoms with Crippen LogP contribution < -0.4 is 10.2 Å². The van der Waals surface area contributed by atoms with E-state index in [0.717, 1.165) is 54.9 Å². The topological polar surface area (TPSA) is 79.1 Å². The second-order valence-corrected chi connectivity index (χ2v) is 6.90. The maximum atomic E-state index is 8.13. The molecule has 2 aliphatic heterocycles. The lowest BCUT2D eigenvalue weighted by molar-refractivity contribution is 0.302. The highest BCUT2D eigenvalue weighted by Gasteiger charge is 2.21. The minimum Gasteiger partial charge on any atom is -0.368 e. The van der Waals surface area contributed by atoms with Crippen molar-refractivity contribution in [3.05, 3.63) is 60.1 Å². The van der Waals surface area contributed by atoms with Crippen molar-refractivity contribution >= 4 is 28.0 Å². The third kappa shape index (κ3) is 3.43. The number of rotatable bonds is 4. The van der Waals surface area contributed by atoms with Crippen LogP contribution in [0.5, 0.6) is 0 Å². The summed E-state index contributed by atoms with van der Waals surface area (Å²) in [4.78, 5) is 9.27. The van der Waals surface area contributed by atoms with Crippen molar-refractivity contribution in [1.82, 2.24) is 15.2 Å². The third-order valence-corrected chi connectivity index (χ3v) is 5.13. The highest BCUT2D eigenvalue weighted by molar-refractivity contribution is 6.45. The maximum Gasteiger partial charge on any atom is 0.102 e. The second kappa shape index (κ2) is 7.23. The van der Waals surface area contributed by atoms with Crippen LogP contribution in [0.2, 0.25) is 0 Å². The first-order valence-corrected chi connectivity index (χ1v) is 9.27. The molecule has 3 heterocycles. The zero-order chi connectivity index (χ0) is 18.8. The minimum absolute atomic E-state index is 0.264. The Morgan fingerprint density at radius 3 is 2.56 bits per heavy atom. The van der Waals surface area contributed by atoms with Gasteiger partial charge < -0.3 is 20.5 Å². The fraction of sp³-hybridized carbons (Fsp3) is 0.286. The molecule has 27 heavy (non-hydrogen) atoms. The van der Waals surface area contributed by atoms with Crippen molar-refractivity contribution in [2.24, 2.45) is 0 Å². The van der Waals surface area contributed by atoms with E-state index in [9.17, 15) is 0 Å². The monoisotopic (exact) mass is 360 g/mol. The Morgan fingerprint density at radius 1 is 1.07 bits per heavy atom. The Labute approximate surface area is 159 Å². The van der Waals surface area contributed by atoms with E-state index >= 15 is 0 Å². The predicted molar refractivity (Wildman–Crippen MR) is 111 cm³/mol. The van der Waals surface area contributed by atoms with Gasteiger partial charge in [0.15, 0.2) is 0 Å². The summed E-state index contributed by atoms with van der Waals surface area (Å²) in [5, 5.41) is 20.4. The van der Waals surface area contributed by atoms with E-state index in [-0.39, 0.29) is 11.4 Å². The molecule has 6 nitrogen and oxygen atoms in total. The Hall–Kier alpha value is -3.15. The van der Waals surface area contributed by atoms with Crippen LogP contribution in [-0.2, 0) is 0 Å². The van der Waals surface area contributed by atoms with Gasteiger partial charge in [-0.2, -0.15) is 0 Å². The van der Waals surface area contributed by atoms with Gasteiger partial charge in [-0.05, 0) is 31.2 Å². The van der Waals surface area contributed by atoms with E-state index in [1.165, 1.54) is 5.82 Å². The summed E-state index contributed by atoms with van der Waals surface area (Å²) < 4.78 is 0. The largest absolute Gasteiger partial charge is 0.368 e. The molecule has 0 amide bonds. The SMILES string of the molecule is CC(=N)C(=N)c1ccc2nccc(N3CCN(C4=CC=CCN4)CC3)c2c1. The molecule has 0 radical (unpaired) electrons. The Morgan fingerprint density at radius 2 is 1.85 bits per heavy atom. The molecule has 3 N–H and O–H groups in total. The van der Waals surface area contributed by atoms with Gasteiger partial charge in [-0.25, -0.2) is 0 Å². The molecule has 0 spiro atoms. The van der Waals surface area contributed by atoms with Crippen LogP contribution in [0.15, 0.2) is 54.5 Å². The fourth-order valence-corrected chi connectivity index (χ4v) is 3.63. The quantitative estimate of drug-likeness (QED) is 0.733. The van der Waals surface area contributed by atoms with Gasteiger partial charge in [-0.3, -0.25) is 10.4 Å². The number of piperazine rings is 1. The van der Waals surface area contributed by atoms with E-state index in [1.54, 1.807) is 6.92 Å². The maximum absolute atomic E-state index is 8.13. The summed E-state index contributed by atoms with van der Waals surface area (Å²) >= 11 is 0. The van der Waals surface area contributed by atoms with Gasteiger partial charge in [0.1, 0.15) is 5.82 Å². The molecule has 0 unspecified atom stereocenters. The lowest BCUT2D eigenvalue weighted by Gasteiger charge is -2.39. The molecule has 2 aliphatic rings. The minimum atomic E-state index is 0.264. The zero-order valence-electron chi connectivity index (χ0n) is 15.5. The van der Waals surface area contributed by atoms with Crippen LogP contribution in [0.4, 0.5) is 5.69 Å². The fourth-order valence-electron chi connectivity index (χ4n) is 3.63. The predicted octanol–water partition coefficient (Wildman–Crippen LogP) is 2.77. The number of aromatic nitrogens is 1. The molecule has 1 saturated heterocycles. The molecule has 1 aromatic heterocycles. The van der Waals surface area contributed by atoms with Crippen molar-refractivity contribution in [1.29, 1.82) is 10.8 Å². The van der Waals surface area contributed by atoms with Crippen molar-refractivity contribution in [3.63, 3.8) is 0 Å². The lowest BCUT2D eigenvalue weighted by atomic mass is 10.0. The van der Waals surface area contributed by atoms with Crippen LogP contribution in [0.1, 0.15) is 12.5 Å². The molecule has 0 saturated carbocycles. The summed E-state index contributed by atoms with van der Waals surface area (Å²) in [5.74, 6) is 1.20. The molecule has 0 atom stereocenters. The number of dihydropyridines is 1. The Bertz CT molecular complexity index is 950. The van der Waals surface area contributed by atoms with E-state index in [0.29, 0.717) is 0 Å². The number of nitrogens with zero attached hydrogens (tertiary/aromatic N) is 3. The van der Waals surface area contributed by atoms with E-state index in [2.05, 4.69) is 44.4 Å². The van der Waals surface area contributed by atoms with Gasteiger partial charge in [0, 0.05) is 55.6 Å². The van der Waals surface area contributed by atoms with Crippen LogP contribution in [0.25, 0.3) is 10.9 Å². The number of allylic oxidation sites excluding steroid dienone is 2. The van der Waals surface area contributed by atoms with E-state index < -0.39 is 0 Å². The van der Waals surface area contributed by atoms with Gasteiger partial charge in [0.25, 0.3) is 0 Å². The van der Waals surface area contributed by atoms with Gasteiger partial charge in [-0.1, -0.05) is 18.2 Å². The van der Waals surface area contributed by atoms with Crippen molar-refractivity contribution in [2.75, 3.05) is 37.6 Å². The first-order chi connectivity index (χ1) is 13.1. The number of hydrogen-bond donors (Lipinski definition) is 3. The summed E-state index contributed by atoms with van der Waals surface area (Å²) in [6.07, 6.45) is 8.22. The molecule has 1 aromatic carbocycles. The van der Waals surface area contributed by atoms with Crippen molar-refractivity contribution in [2.45, 2.75) is 6.92 Å². The van der Waals surface area contributed by atoms with Gasteiger partial charge >= 0.3 is 0 Å². The first-order valence-electron chi connectivity index (χ1n) is 9.27. The number of pyridine rings is 1. The molecule has 0 bridgehead atoms. The third-order valence-electron chi connectivity index (χ3n) is 5.13.